The van der Waals surface area contributed by atoms with E-state index in [9.17, 15) is 4.21 Å². The van der Waals surface area contributed by atoms with E-state index < -0.39 is 10.8 Å². The summed E-state index contributed by atoms with van der Waals surface area (Å²) in [6, 6.07) is 6.18. The fraction of sp³-hybridized carbons (Fsp3) is 0.647. The first kappa shape index (κ1) is 18.2. The van der Waals surface area contributed by atoms with E-state index in [1.165, 1.54) is 5.56 Å². The average Bonchev–Trinajstić information content (AvgIpc) is 2.47. The summed E-state index contributed by atoms with van der Waals surface area (Å²) < 4.78 is 17.7. The molecule has 2 unspecified atom stereocenters. The molecule has 21 heavy (non-hydrogen) atoms. The van der Waals surface area contributed by atoms with Crippen molar-refractivity contribution in [2.75, 3.05) is 19.4 Å². The molecule has 120 valence electrons. The number of hydrogen-bond donors (Lipinski definition) is 1. The van der Waals surface area contributed by atoms with E-state index in [0.29, 0.717) is 11.7 Å². The van der Waals surface area contributed by atoms with Crippen molar-refractivity contribution < 1.29 is 8.95 Å². The number of methoxy groups -OCH3 is 1. The molecule has 0 aromatic heterocycles. The molecule has 0 amide bonds. The van der Waals surface area contributed by atoms with Crippen LogP contribution in [0.2, 0.25) is 0 Å². The maximum absolute atomic E-state index is 12.3. The van der Waals surface area contributed by atoms with E-state index in [4.69, 9.17) is 4.74 Å². The first-order valence-corrected chi connectivity index (χ1v) is 9.30. The molecule has 1 aromatic carbocycles. The van der Waals surface area contributed by atoms with Gasteiger partial charge in [0.1, 0.15) is 5.75 Å². The smallest absolute Gasteiger partial charge is 0.123 e. The van der Waals surface area contributed by atoms with E-state index in [2.05, 4.69) is 38.2 Å². The van der Waals surface area contributed by atoms with Crippen LogP contribution >= 0.6 is 0 Å². The SMILES string of the molecule is CCCNCc1ccc(OC)c(CS(=O)CC(C)CC)c1. The van der Waals surface area contributed by atoms with Gasteiger partial charge < -0.3 is 10.1 Å². The molecular formula is C17H29NO2S. The molecule has 1 rings (SSSR count). The van der Waals surface area contributed by atoms with E-state index in [-0.39, 0.29) is 0 Å². The Morgan fingerprint density at radius 1 is 1.33 bits per heavy atom. The van der Waals surface area contributed by atoms with Crippen molar-refractivity contribution in [2.24, 2.45) is 5.92 Å². The van der Waals surface area contributed by atoms with Crippen LogP contribution < -0.4 is 10.1 Å². The fourth-order valence-electron chi connectivity index (χ4n) is 2.13. The van der Waals surface area contributed by atoms with Crippen molar-refractivity contribution >= 4 is 10.8 Å². The van der Waals surface area contributed by atoms with Gasteiger partial charge in [-0.05, 0) is 36.6 Å². The number of benzene rings is 1. The first-order chi connectivity index (χ1) is 10.1. The zero-order valence-electron chi connectivity index (χ0n) is 13.8. The molecule has 0 spiro atoms. The van der Waals surface area contributed by atoms with E-state index in [1.807, 2.05) is 6.07 Å². The highest BCUT2D eigenvalue weighted by molar-refractivity contribution is 7.84. The molecule has 0 aliphatic carbocycles. The van der Waals surface area contributed by atoms with Gasteiger partial charge in [0.2, 0.25) is 0 Å². The van der Waals surface area contributed by atoms with Gasteiger partial charge in [0.05, 0.1) is 12.9 Å². The summed E-state index contributed by atoms with van der Waals surface area (Å²) >= 11 is 0. The maximum atomic E-state index is 12.3. The Bertz CT molecular complexity index is 448. The Morgan fingerprint density at radius 3 is 2.71 bits per heavy atom. The molecule has 1 N–H and O–H groups in total. The summed E-state index contributed by atoms with van der Waals surface area (Å²) in [5.74, 6) is 2.69. The number of hydrogen-bond acceptors (Lipinski definition) is 3. The van der Waals surface area contributed by atoms with Crippen molar-refractivity contribution in [1.82, 2.24) is 5.32 Å². The summed E-state index contributed by atoms with van der Waals surface area (Å²) in [6.07, 6.45) is 2.20. The number of rotatable bonds is 10. The molecule has 0 bridgehead atoms. The molecule has 0 saturated heterocycles. The highest BCUT2D eigenvalue weighted by Crippen LogP contribution is 2.22. The second-order valence-corrected chi connectivity index (χ2v) is 7.09. The van der Waals surface area contributed by atoms with Crippen LogP contribution in [-0.2, 0) is 23.1 Å². The maximum Gasteiger partial charge on any atom is 0.123 e. The lowest BCUT2D eigenvalue weighted by Crippen LogP contribution is -2.14. The molecule has 3 nitrogen and oxygen atoms in total. The minimum atomic E-state index is -0.829. The molecule has 4 heteroatoms. The van der Waals surface area contributed by atoms with Gasteiger partial charge in [0.25, 0.3) is 0 Å². The Balaban J connectivity index is 2.73. The van der Waals surface area contributed by atoms with Crippen LogP contribution in [0.5, 0.6) is 5.75 Å². The monoisotopic (exact) mass is 311 g/mol. The molecule has 0 radical (unpaired) electrons. The van der Waals surface area contributed by atoms with Crippen LogP contribution in [0.15, 0.2) is 18.2 Å². The molecule has 0 fully saturated rings. The Labute approximate surface area is 131 Å². The lowest BCUT2D eigenvalue weighted by Gasteiger charge is -2.13. The molecule has 0 heterocycles. The third-order valence-electron chi connectivity index (χ3n) is 3.58. The lowest BCUT2D eigenvalue weighted by molar-refractivity contribution is 0.411. The van der Waals surface area contributed by atoms with Gasteiger partial charge >= 0.3 is 0 Å². The minimum Gasteiger partial charge on any atom is -0.496 e. The first-order valence-electron chi connectivity index (χ1n) is 7.82. The van der Waals surface area contributed by atoms with Gasteiger partial charge in [-0.3, -0.25) is 4.21 Å². The fourth-order valence-corrected chi connectivity index (χ4v) is 3.69. The third kappa shape index (κ3) is 6.62. The Kier molecular flexibility index (Phi) is 8.62. The van der Waals surface area contributed by atoms with Gasteiger partial charge in [-0.15, -0.1) is 0 Å². The van der Waals surface area contributed by atoms with Crippen LogP contribution in [0.1, 0.15) is 44.7 Å². The largest absolute Gasteiger partial charge is 0.496 e. The normalized spacial score (nSPS) is 13.9. The standard InChI is InChI=1S/C17H29NO2S/c1-5-9-18-11-15-7-8-17(20-4)16(10-15)13-21(19)12-14(3)6-2/h7-8,10,14,18H,5-6,9,11-13H2,1-4H3. The van der Waals surface area contributed by atoms with Crippen LogP contribution in [0.4, 0.5) is 0 Å². The lowest BCUT2D eigenvalue weighted by atomic mass is 10.1. The van der Waals surface area contributed by atoms with Gasteiger partial charge in [-0.2, -0.15) is 0 Å². The third-order valence-corrected chi connectivity index (χ3v) is 5.16. The number of ether oxygens (including phenoxy) is 1. The molecular weight excluding hydrogens is 282 g/mol. The van der Waals surface area contributed by atoms with Crippen molar-refractivity contribution in [2.45, 2.75) is 45.9 Å². The summed E-state index contributed by atoms with van der Waals surface area (Å²) in [7, 11) is 0.843. The van der Waals surface area contributed by atoms with Gasteiger partial charge in [-0.1, -0.05) is 33.3 Å². The topological polar surface area (TPSA) is 38.3 Å². The Morgan fingerprint density at radius 2 is 2.10 bits per heavy atom. The highest BCUT2D eigenvalue weighted by atomic mass is 32.2. The Hall–Kier alpha value is -0.870. The zero-order chi connectivity index (χ0) is 15.7. The van der Waals surface area contributed by atoms with Crippen LogP contribution in [0.25, 0.3) is 0 Å². The molecule has 0 aliphatic rings. The minimum absolute atomic E-state index is 0.506. The predicted molar refractivity (Wildman–Crippen MR) is 91.2 cm³/mol. The summed E-state index contributed by atoms with van der Waals surface area (Å²) in [5, 5.41) is 3.39. The highest BCUT2D eigenvalue weighted by Gasteiger charge is 2.11. The van der Waals surface area contributed by atoms with Gasteiger partial charge in [0.15, 0.2) is 0 Å². The van der Waals surface area contributed by atoms with Crippen LogP contribution in [-0.4, -0.2) is 23.6 Å². The van der Waals surface area contributed by atoms with Crippen molar-refractivity contribution in [3.8, 4) is 5.75 Å². The van der Waals surface area contributed by atoms with Crippen LogP contribution in [0, 0.1) is 5.92 Å². The number of nitrogens with one attached hydrogen (secondary N) is 1. The summed E-state index contributed by atoms with van der Waals surface area (Å²) in [5.41, 5.74) is 2.27. The second-order valence-electron chi connectivity index (χ2n) is 5.59. The van der Waals surface area contributed by atoms with Crippen molar-refractivity contribution in [3.63, 3.8) is 0 Å². The zero-order valence-corrected chi connectivity index (χ0v) is 14.6. The molecule has 1 aromatic rings. The van der Waals surface area contributed by atoms with Crippen molar-refractivity contribution in [3.05, 3.63) is 29.3 Å². The van der Waals surface area contributed by atoms with Gasteiger partial charge in [0, 0.05) is 28.7 Å². The van der Waals surface area contributed by atoms with Crippen LogP contribution in [0.3, 0.4) is 0 Å². The quantitative estimate of drug-likeness (QED) is 0.672. The van der Waals surface area contributed by atoms with Gasteiger partial charge in [-0.25, -0.2) is 0 Å². The summed E-state index contributed by atoms with van der Waals surface area (Å²) in [4.78, 5) is 0. The van der Waals surface area contributed by atoms with Crippen molar-refractivity contribution in [1.29, 1.82) is 0 Å². The van der Waals surface area contributed by atoms with E-state index in [1.54, 1.807) is 7.11 Å². The predicted octanol–water partition coefficient (Wildman–Crippen LogP) is 3.49. The van der Waals surface area contributed by atoms with E-state index >= 15 is 0 Å². The molecule has 0 aliphatic heterocycles. The average molecular weight is 311 g/mol. The second kappa shape index (κ2) is 9.96. The summed E-state index contributed by atoms with van der Waals surface area (Å²) in [6.45, 7) is 8.32. The van der Waals surface area contributed by atoms with E-state index in [0.717, 1.165) is 43.0 Å². The molecule has 2 atom stereocenters. The molecule has 0 saturated carbocycles.